The van der Waals surface area contributed by atoms with Crippen molar-refractivity contribution in [3.63, 3.8) is 0 Å². The van der Waals surface area contributed by atoms with Crippen LogP contribution in [0.2, 0.25) is 0 Å². The molecule has 0 saturated carbocycles. The summed E-state index contributed by atoms with van der Waals surface area (Å²) in [6.07, 6.45) is 2.90. The van der Waals surface area contributed by atoms with Crippen molar-refractivity contribution in [1.29, 1.82) is 0 Å². The van der Waals surface area contributed by atoms with Gasteiger partial charge >= 0.3 is 0 Å². The van der Waals surface area contributed by atoms with Crippen molar-refractivity contribution in [2.75, 3.05) is 24.5 Å². The zero-order chi connectivity index (χ0) is 18.3. The second-order valence-electron chi connectivity index (χ2n) is 7.30. The van der Waals surface area contributed by atoms with Crippen molar-refractivity contribution >= 4 is 11.9 Å². The van der Waals surface area contributed by atoms with E-state index in [1.165, 1.54) is 0 Å². The summed E-state index contributed by atoms with van der Waals surface area (Å²) < 4.78 is 0. The Balaban J connectivity index is 1.60. The van der Waals surface area contributed by atoms with Crippen LogP contribution in [0.1, 0.15) is 45.6 Å². The Morgan fingerprint density at radius 2 is 1.92 bits per heavy atom. The summed E-state index contributed by atoms with van der Waals surface area (Å²) in [6, 6.07) is 5.90. The fourth-order valence-electron chi connectivity index (χ4n) is 3.80. The molecule has 1 saturated heterocycles. The number of aryl methyl sites for hydroxylation is 2. The van der Waals surface area contributed by atoms with Gasteiger partial charge in [0.15, 0.2) is 0 Å². The maximum Gasteiger partial charge on any atom is 0.257 e. The number of H-pyrrole nitrogens is 1. The molecule has 0 atom stereocenters. The van der Waals surface area contributed by atoms with Crippen molar-refractivity contribution in [2.24, 2.45) is 0 Å². The Labute approximate surface area is 152 Å². The quantitative estimate of drug-likeness (QED) is 0.899. The van der Waals surface area contributed by atoms with Gasteiger partial charge in [-0.1, -0.05) is 17.7 Å². The molecule has 26 heavy (non-hydrogen) atoms. The van der Waals surface area contributed by atoms with E-state index in [9.17, 15) is 9.59 Å². The largest absolute Gasteiger partial charge is 0.342 e. The van der Waals surface area contributed by atoms with Gasteiger partial charge in [-0.3, -0.25) is 14.6 Å². The van der Waals surface area contributed by atoms with E-state index in [0.717, 1.165) is 42.8 Å². The lowest BCUT2D eigenvalue weighted by Gasteiger charge is -2.29. The number of aromatic amines is 1. The molecule has 1 aromatic heterocycles. The number of fused-ring (bicyclic) bond motifs is 1. The first-order chi connectivity index (χ1) is 12.5. The van der Waals surface area contributed by atoms with E-state index in [-0.39, 0.29) is 11.5 Å². The number of rotatable bonds is 2. The molecule has 6 heteroatoms. The summed E-state index contributed by atoms with van der Waals surface area (Å²) in [5.74, 6) is 0.667. The highest BCUT2D eigenvalue weighted by Crippen LogP contribution is 2.21. The molecular formula is C20H24N4O2. The number of benzene rings is 1. The van der Waals surface area contributed by atoms with Crippen LogP contribution < -0.4 is 10.5 Å². The zero-order valence-electron chi connectivity index (χ0n) is 15.3. The second kappa shape index (κ2) is 6.59. The van der Waals surface area contributed by atoms with Gasteiger partial charge < -0.3 is 9.80 Å². The van der Waals surface area contributed by atoms with Gasteiger partial charge in [-0.05, 0) is 38.3 Å². The van der Waals surface area contributed by atoms with E-state index in [4.69, 9.17) is 0 Å². The van der Waals surface area contributed by atoms with Crippen LogP contribution in [0, 0.1) is 13.8 Å². The van der Waals surface area contributed by atoms with Crippen molar-refractivity contribution in [1.82, 2.24) is 14.9 Å². The van der Waals surface area contributed by atoms with E-state index in [1.54, 1.807) is 4.90 Å². The van der Waals surface area contributed by atoms with Crippen LogP contribution in [0.15, 0.2) is 23.0 Å². The highest BCUT2D eigenvalue weighted by Gasteiger charge is 2.27. The number of carbonyl (C=O) groups excluding carboxylic acids is 1. The first-order valence-electron chi connectivity index (χ1n) is 9.26. The number of amides is 1. The fraction of sp³-hybridized carbons (Fsp3) is 0.450. The van der Waals surface area contributed by atoms with E-state index >= 15 is 0 Å². The molecule has 4 rings (SSSR count). The monoisotopic (exact) mass is 352 g/mol. The summed E-state index contributed by atoms with van der Waals surface area (Å²) in [7, 11) is 0. The molecular weight excluding hydrogens is 328 g/mol. The molecule has 1 fully saturated rings. The van der Waals surface area contributed by atoms with Gasteiger partial charge in [0.05, 0.1) is 17.8 Å². The fourth-order valence-corrected chi connectivity index (χ4v) is 3.80. The third-order valence-corrected chi connectivity index (χ3v) is 5.37. The van der Waals surface area contributed by atoms with Crippen LogP contribution in [0.25, 0.3) is 0 Å². The molecule has 0 radical (unpaired) electrons. The summed E-state index contributed by atoms with van der Waals surface area (Å²) in [4.78, 5) is 37.1. The maximum absolute atomic E-state index is 13.0. The van der Waals surface area contributed by atoms with Crippen LogP contribution in [-0.2, 0) is 13.0 Å². The Morgan fingerprint density at radius 3 is 2.69 bits per heavy atom. The number of nitrogens with zero attached hydrogens (tertiary/aromatic N) is 3. The SMILES string of the molecule is Cc1ccc(C)c(C(=O)N2CCc3nc(N4CCCC4)[nH]c(=O)c3C2)c1. The van der Waals surface area contributed by atoms with Gasteiger partial charge in [-0.15, -0.1) is 0 Å². The highest BCUT2D eigenvalue weighted by atomic mass is 16.2. The minimum absolute atomic E-state index is 0.0140. The van der Waals surface area contributed by atoms with Gasteiger partial charge in [-0.25, -0.2) is 4.98 Å². The van der Waals surface area contributed by atoms with Crippen LogP contribution >= 0.6 is 0 Å². The van der Waals surface area contributed by atoms with Gasteiger partial charge in [-0.2, -0.15) is 0 Å². The minimum Gasteiger partial charge on any atom is -0.342 e. The molecule has 2 aromatic rings. The van der Waals surface area contributed by atoms with Crippen LogP contribution in [0.4, 0.5) is 5.95 Å². The van der Waals surface area contributed by atoms with Crippen LogP contribution in [0.5, 0.6) is 0 Å². The number of aromatic nitrogens is 2. The predicted octanol–water partition coefficient (Wildman–Crippen LogP) is 2.19. The summed E-state index contributed by atoms with van der Waals surface area (Å²) in [5.41, 5.74) is 4.08. The molecule has 1 amide bonds. The Morgan fingerprint density at radius 1 is 1.15 bits per heavy atom. The van der Waals surface area contributed by atoms with Gasteiger partial charge in [0.25, 0.3) is 11.5 Å². The lowest BCUT2D eigenvalue weighted by molar-refractivity contribution is 0.0732. The third-order valence-electron chi connectivity index (χ3n) is 5.37. The zero-order valence-corrected chi connectivity index (χ0v) is 15.3. The smallest absolute Gasteiger partial charge is 0.257 e. The maximum atomic E-state index is 13.0. The Bertz CT molecular complexity index is 913. The minimum atomic E-state index is -0.115. The molecule has 0 unspecified atom stereocenters. The highest BCUT2D eigenvalue weighted by molar-refractivity contribution is 5.96. The van der Waals surface area contributed by atoms with Gasteiger partial charge in [0.2, 0.25) is 5.95 Å². The molecule has 1 N–H and O–H groups in total. The van der Waals surface area contributed by atoms with Gasteiger partial charge in [0, 0.05) is 31.6 Å². The molecule has 2 aliphatic heterocycles. The molecule has 3 heterocycles. The number of hydrogen-bond acceptors (Lipinski definition) is 4. The summed E-state index contributed by atoms with van der Waals surface area (Å²) >= 11 is 0. The topological polar surface area (TPSA) is 69.3 Å². The van der Waals surface area contributed by atoms with Crippen LogP contribution in [0.3, 0.4) is 0 Å². The van der Waals surface area contributed by atoms with Crippen LogP contribution in [-0.4, -0.2) is 40.4 Å². The molecule has 1 aromatic carbocycles. The van der Waals surface area contributed by atoms with E-state index < -0.39 is 0 Å². The Hall–Kier alpha value is -2.63. The lowest BCUT2D eigenvalue weighted by atomic mass is 10.0. The van der Waals surface area contributed by atoms with Gasteiger partial charge in [0.1, 0.15) is 0 Å². The number of hydrogen-bond donors (Lipinski definition) is 1. The normalized spacial score (nSPS) is 16.7. The molecule has 6 nitrogen and oxygen atoms in total. The molecule has 0 bridgehead atoms. The van der Waals surface area contributed by atoms with Crippen molar-refractivity contribution in [2.45, 2.75) is 39.7 Å². The Kier molecular flexibility index (Phi) is 4.26. The number of carbonyl (C=O) groups is 1. The average molecular weight is 352 g/mol. The van der Waals surface area contributed by atoms with E-state index in [2.05, 4.69) is 14.9 Å². The first-order valence-corrected chi connectivity index (χ1v) is 9.26. The molecule has 0 spiro atoms. The predicted molar refractivity (Wildman–Crippen MR) is 101 cm³/mol. The van der Waals surface area contributed by atoms with Crippen molar-refractivity contribution < 1.29 is 4.79 Å². The average Bonchev–Trinajstić information content (AvgIpc) is 3.17. The van der Waals surface area contributed by atoms with E-state index in [1.807, 2.05) is 32.0 Å². The molecule has 136 valence electrons. The summed E-state index contributed by atoms with van der Waals surface area (Å²) in [5, 5.41) is 0. The second-order valence-corrected chi connectivity index (χ2v) is 7.30. The molecule has 0 aliphatic carbocycles. The van der Waals surface area contributed by atoms with E-state index in [0.29, 0.717) is 36.6 Å². The first kappa shape index (κ1) is 16.8. The summed E-state index contributed by atoms with van der Waals surface area (Å²) in [6.45, 7) is 6.73. The number of nitrogens with one attached hydrogen (secondary N) is 1. The van der Waals surface area contributed by atoms with Crippen molar-refractivity contribution in [3.05, 3.63) is 56.5 Å². The lowest BCUT2D eigenvalue weighted by Crippen LogP contribution is -2.40. The third kappa shape index (κ3) is 3.00. The molecule has 2 aliphatic rings. The standard InChI is InChI=1S/C20H24N4O2/c1-13-5-6-14(2)15(11-13)19(26)24-10-7-17-16(12-24)18(25)22-20(21-17)23-8-3-4-9-23/h5-6,11H,3-4,7-10,12H2,1-2H3,(H,21,22,25). The number of anilines is 1. The van der Waals surface area contributed by atoms with Crippen molar-refractivity contribution in [3.8, 4) is 0 Å².